The van der Waals surface area contributed by atoms with Gasteiger partial charge in [-0.1, -0.05) is 423 Å². The summed E-state index contributed by atoms with van der Waals surface area (Å²) in [6, 6.07) is -0.541. The van der Waals surface area contributed by atoms with Crippen LogP contribution in [-0.4, -0.2) is 47.4 Å². The highest BCUT2D eigenvalue weighted by Crippen LogP contribution is 2.20. The number of nitrogens with one attached hydrogen (secondary N) is 1. The summed E-state index contributed by atoms with van der Waals surface area (Å²) in [4.78, 5) is 24.7. The van der Waals surface area contributed by atoms with Crippen LogP contribution in [0.25, 0.3) is 0 Å². The molecule has 0 spiro atoms. The minimum absolute atomic E-state index is 0.0188. The molecule has 0 bridgehead atoms. The number of allylic oxidation sites excluding steroid dienone is 4. The van der Waals surface area contributed by atoms with Crippen molar-refractivity contribution in [3.05, 3.63) is 24.3 Å². The van der Waals surface area contributed by atoms with Crippen molar-refractivity contribution in [1.82, 2.24) is 5.32 Å². The number of esters is 1. The summed E-state index contributed by atoms with van der Waals surface area (Å²) in [7, 11) is 0. The molecule has 0 aromatic rings. The fourth-order valence-corrected chi connectivity index (χ4v) is 13.3. The van der Waals surface area contributed by atoms with Crippen molar-refractivity contribution < 1.29 is 24.5 Å². The fourth-order valence-electron chi connectivity index (χ4n) is 13.3. The summed E-state index contributed by atoms with van der Waals surface area (Å²) in [5.74, 6) is -0.00845. The average molecular weight is 1250 g/mol. The monoisotopic (exact) mass is 1250 g/mol. The van der Waals surface area contributed by atoms with E-state index in [4.69, 9.17) is 4.74 Å². The molecule has 0 fully saturated rings. The van der Waals surface area contributed by atoms with Gasteiger partial charge in [0.15, 0.2) is 0 Å². The first-order valence-corrected chi connectivity index (χ1v) is 41.1. The zero-order valence-corrected chi connectivity index (χ0v) is 60.7. The van der Waals surface area contributed by atoms with Crippen LogP contribution in [-0.2, 0) is 14.3 Å². The second-order valence-corrected chi connectivity index (χ2v) is 28.5. The van der Waals surface area contributed by atoms with E-state index in [2.05, 4.69) is 43.5 Å². The third-order valence-electron chi connectivity index (χ3n) is 19.5. The lowest BCUT2D eigenvalue weighted by atomic mass is 10.0. The number of carbonyl (C=O) groups excluding carboxylic acids is 2. The summed E-state index contributed by atoms with van der Waals surface area (Å²) >= 11 is 0. The number of amides is 1. The molecule has 0 radical (unpaired) electrons. The first kappa shape index (κ1) is 87.3. The van der Waals surface area contributed by atoms with Gasteiger partial charge in [-0.25, -0.2) is 0 Å². The second kappa shape index (κ2) is 78.8. The quantitative estimate of drug-likeness (QED) is 0.0320. The standard InChI is InChI=1S/C83H161NO5/c1-3-5-7-9-11-13-15-17-19-21-22-23-35-38-41-44-47-51-55-59-63-67-71-75-81(86)80(79-85)84-82(87)76-72-68-64-60-56-52-48-45-42-39-36-33-31-29-27-25-24-26-28-30-32-34-37-40-43-46-50-54-58-62-66-70-74-78-89-83(88)77-73-69-65-61-57-53-49-20-18-16-14-12-10-8-6-4-2/h28,30,34,37,80-81,85-86H,3-27,29,31-33,35-36,38-79H2,1-2H3,(H,84,87)/b30-28-,37-34-. The minimum Gasteiger partial charge on any atom is -0.466 e. The molecule has 0 heterocycles. The molecule has 0 aliphatic carbocycles. The zero-order valence-electron chi connectivity index (χ0n) is 60.7. The van der Waals surface area contributed by atoms with E-state index in [0.29, 0.717) is 25.9 Å². The van der Waals surface area contributed by atoms with E-state index in [1.54, 1.807) is 0 Å². The highest BCUT2D eigenvalue weighted by molar-refractivity contribution is 5.76. The lowest BCUT2D eigenvalue weighted by Crippen LogP contribution is -2.45. The van der Waals surface area contributed by atoms with Crippen LogP contribution < -0.4 is 5.32 Å². The number of hydrogen-bond donors (Lipinski definition) is 3. The van der Waals surface area contributed by atoms with Crippen LogP contribution >= 0.6 is 0 Å². The van der Waals surface area contributed by atoms with Crippen LogP contribution in [0.15, 0.2) is 24.3 Å². The first-order chi connectivity index (χ1) is 44.0. The minimum atomic E-state index is -0.664. The van der Waals surface area contributed by atoms with Gasteiger partial charge in [0, 0.05) is 12.8 Å². The Labute approximate surface area is 558 Å². The molecule has 2 unspecified atom stereocenters. The van der Waals surface area contributed by atoms with Crippen LogP contribution in [0.3, 0.4) is 0 Å². The van der Waals surface area contributed by atoms with E-state index in [1.807, 2.05) is 0 Å². The fraction of sp³-hybridized carbons (Fsp3) is 0.928. The van der Waals surface area contributed by atoms with Gasteiger partial charge in [0.25, 0.3) is 0 Å². The van der Waals surface area contributed by atoms with Crippen molar-refractivity contribution in [2.45, 2.75) is 482 Å². The predicted molar refractivity (Wildman–Crippen MR) is 393 cm³/mol. The molecule has 0 saturated carbocycles. The third-order valence-corrected chi connectivity index (χ3v) is 19.5. The predicted octanol–water partition coefficient (Wildman–Crippen LogP) is 27.2. The number of ether oxygens (including phenoxy) is 1. The van der Waals surface area contributed by atoms with Crippen molar-refractivity contribution in [3.8, 4) is 0 Å². The molecular weight excluding hydrogens is 1090 g/mol. The van der Waals surface area contributed by atoms with Gasteiger partial charge in [-0.3, -0.25) is 9.59 Å². The zero-order chi connectivity index (χ0) is 64.2. The number of unbranched alkanes of at least 4 members (excludes halogenated alkanes) is 63. The number of hydrogen-bond acceptors (Lipinski definition) is 5. The Kier molecular flexibility index (Phi) is 77.3. The number of aliphatic hydroxyl groups excluding tert-OH is 2. The van der Waals surface area contributed by atoms with Gasteiger partial charge in [0.05, 0.1) is 25.4 Å². The molecule has 528 valence electrons. The van der Waals surface area contributed by atoms with Crippen molar-refractivity contribution in [2.24, 2.45) is 0 Å². The maximum Gasteiger partial charge on any atom is 0.305 e. The van der Waals surface area contributed by atoms with E-state index >= 15 is 0 Å². The SMILES string of the molecule is CCCCCCCCCCCCCCCCCCCCCCCCCC(O)C(CO)NC(=O)CCCCCCCCCCCCCCCCCCC/C=C\C/C=C\CCCCCCCCCCCOC(=O)CCCCCCCCCCCCCCCCCC. The van der Waals surface area contributed by atoms with Gasteiger partial charge in [0.1, 0.15) is 0 Å². The Morgan fingerprint density at radius 1 is 0.315 bits per heavy atom. The molecule has 6 nitrogen and oxygen atoms in total. The molecular formula is C83H161NO5. The van der Waals surface area contributed by atoms with Gasteiger partial charge < -0.3 is 20.3 Å². The highest BCUT2D eigenvalue weighted by atomic mass is 16.5. The molecule has 1 amide bonds. The summed E-state index contributed by atoms with van der Waals surface area (Å²) in [6.45, 7) is 5.01. The molecule has 3 N–H and O–H groups in total. The maximum absolute atomic E-state index is 12.6. The number of rotatable bonds is 78. The van der Waals surface area contributed by atoms with Gasteiger partial charge in [-0.15, -0.1) is 0 Å². The van der Waals surface area contributed by atoms with Crippen molar-refractivity contribution in [2.75, 3.05) is 13.2 Å². The highest BCUT2D eigenvalue weighted by Gasteiger charge is 2.20. The first-order valence-electron chi connectivity index (χ1n) is 41.1. The average Bonchev–Trinajstić information content (AvgIpc) is 3.57. The molecule has 0 aliphatic rings. The Balaban J connectivity index is 3.37. The summed E-state index contributed by atoms with van der Waals surface area (Å²) in [6.07, 6.45) is 101. The van der Waals surface area contributed by atoms with Crippen LogP contribution in [0.1, 0.15) is 470 Å². The topological polar surface area (TPSA) is 95.9 Å². The smallest absolute Gasteiger partial charge is 0.305 e. The Morgan fingerprint density at radius 3 is 0.854 bits per heavy atom. The van der Waals surface area contributed by atoms with E-state index in [-0.39, 0.29) is 18.5 Å². The van der Waals surface area contributed by atoms with Crippen molar-refractivity contribution in [3.63, 3.8) is 0 Å². The number of aliphatic hydroxyl groups is 2. The van der Waals surface area contributed by atoms with Gasteiger partial charge in [-0.2, -0.15) is 0 Å². The van der Waals surface area contributed by atoms with Crippen molar-refractivity contribution in [1.29, 1.82) is 0 Å². The molecule has 0 aromatic heterocycles. The lowest BCUT2D eigenvalue weighted by molar-refractivity contribution is -0.143. The molecule has 6 heteroatoms. The normalized spacial score (nSPS) is 12.5. The van der Waals surface area contributed by atoms with Crippen LogP contribution in [0.4, 0.5) is 0 Å². The molecule has 0 rings (SSSR count). The molecule has 0 aromatic carbocycles. The third kappa shape index (κ3) is 75.3. The second-order valence-electron chi connectivity index (χ2n) is 28.5. The molecule has 0 aliphatic heterocycles. The van der Waals surface area contributed by atoms with Crippen LogP contribution in [0, 0.1) is 0 Å². The summed E-state index contributed by atoms with van der Waals surface area (Å²) in [5.41, 5.74) is 0. The number of carbonyl (C=O) groups is 2. The Morgan fingerprint density at radius 2 is 0.562 bits per heavy atom. The van der Waals surface area contributed by atoms with Gasteiger partial charge in [-0.05, 0) is 57.8 Å². The van der Waals surface area contributed by atoms with Gasteiger partial charge in [0.2, 0.25) is 5.91 Å². The molecule has 89 heavy (non-hydrogen) atoms. The lowest BCUT2D eigenvalue weighted by Gasteiger charge is -2.22. The van der Waals surface area contributed by atoms with Crippen LogP contribution in [0.2, 0.25) is 0 Å². The van der Waals surface area contributed by atoms with E-state index < -0.39 is 12.1 Å². The van der Waals surface area contributed by atoms with E-state index in [0.717, 1.165) is 44.9 Å². The molecule has 2 atom stereocenters. The van der Waals surface area contributed by atoms with Crippen molar-refractivity contribution >= 4 is 11.9 Å². The Hall–Kier alpha value is -1.66. The molecule has 0 saturated heterocycles. The largest absolute Gasteiger partial charge is 0.466 e. The maximum atomic E-state index is 12.6. The van der Waals surface area contributed by atoms with Crippen LogP contribution in [0.5, 0.6) is 0 Å². The Bertz CT molecular complexity index is 1400. The van der Waals surface area contributed by atoms with E-state index in [9.17, 15) is 19.8 Å². The summed E-state index contributed by atoms with van der Waals surface area (Å²) in [5, 5.41) is 23.5. The van der Waals surface area contributed by atoms with Gasteiger partial charge >= 0.3 is 5.97 Å². The van der Waals surface area contributed by atoms with E-state index in [1.165, 1.54) is 392 Å². The summed E-state index contributed by atoms with van der Waals surface area (Å²) < 4.78 is 5.51.